The molecule has 0 aliphatic heterocycles. The third-order valence-electron chi connectivity index (χ3n) is 3.20. The Balaban J connectivity index is 2.29. The number of aryl methyl sites for hydroxylation is 2. The van der Waals surface area contributed by atoms with Crippen molar-refractivity contribution in [1.82, 2.24) is 9.78 Å². The number of nitrogens with two attached hydrogens (primary N) is 1. The summed E-state index contributed by atoms with van der Waals surface area (Å²) < 4.78 is 15.5. The van der Waals surface area contributed by atoms with E-state index in [9.17, 15) is 4.39 Å². The molecular formula is C14H19FN4. The molecule has 1 aromatic carbocycles. The van der Waals surface area contributed by atoms with Gasteiger partial charge in [0.15, 0.2) is 0 Å². The van der Waals surface area contributed by atoms with Gasteiger partial charge in [-0.3, -0.25) is 0 Å². The molecule has 19 heavy (non-hydrogen) atoms. The lowest BCUT2D eigenvalue weighted by molar-refractivity contribution is 0.596. The number of nitrogen functional groups attached to an aromatic ring is 1. The number of hydrogen-bond acceptors (Lipinski definition) is 3. The van der Waals surface area contributed by atoms with Crippen molar-refractivity contribution in [3.05, 3.63) is 41.3 Å². The molecule has 1 atom stereocenters. The van der Waals surface area contributed by atoms with Gasteiger partial charge >= 0.3 is 0 Å². The van der Waals surface area contributed by atoms with Crippen LogP contribution >= 0.6 is 0 Å². The van der Waals surface area contributed by atoms with Crippen LogP contribution in [0.1, 0.15) is 31.1 Å². The molecule has 2 rings (SSSR count). The molecule has 2 aromatic rings. The van der Waals surface area contributed by atoms with Crippen molar-refractivity contribution in [3.8, 4) is 0 Å². The van der Waals surface area contributed by atoms with Crippen LogP contribution in [0.15, 0.2) is 24.3 Å². The first-order valence-corrected chi connectivity index (χ1v) is 6.38. The van der Waals surface area contributed by atoms with E-state index in [-0.39, 0.29) is 11.9 Å². The highest BCUT2D eigenvalue weighted by molar-refractivity contribution is 5.65. The lowest BCUT2D eigenvalue weighted by Crippen LogP contribution is -2.13. The minimum atomic E-state index is -0.222. The Labute approximate surface area is 112 Å². The predicted molar refractivity (Wildman–Crippen MR) is 75.5 cm³/mol. The Bertz CT molecular complexity index is 577. The van der Waals surface area contributed by atoms with Crippen LogP contribution < -0.4 is 11.1 Å². The summed E-state index contributed by atoms with van der Waals surface area (Å²) in [5.41, 5.74) is 8.02. The molecule has 0 aliphatic rings. The van der Waals surface area contributed by atoms with E-state index in [0.29, 0.717) is 17.8 Å². The molecule has 3 N–H and O–H groups in total. The summed E-state index contributed by atoms with van der Waals surface area (Å²) in [6.45, 7) is 6.47. The zero-order chi connectivity index (χ0) is 14.0. The van der Waals surface area contributed by atoms with Crippen LogP contribution in [0.4, 0.5) is 15.9 Å². The highest BCUT2D eigenvalue weighted by Crippen LogP contribution is 2.27. The van der Waals surface area contributed by atoms with Gasteiger partial charge in [-0.05, 0) is 26.8 Å². The molecule has 0 aliphatic carbocycles. The Morgan fingerprint density at radius 1 is 1.42 bits per heavy atom. The largest absolute Gasteiger partial charge is 0.394 e. The first kappa shape index (κ1) is 13.4. The molecule has 0 saturated carbocycles. The van der Waals surface area contributed by atoms with Gasteiger partial charge in [-0.15, -0.1) is 0 Å². The first-order chi connectivity index (χ1) is 9.04. The first-order valence-electron chi connectivity index (χ1n) is 6.38. The Morgan fingerprint density at radius 2 is 2.11 bits per heavy atom. The standard InChI is InChI=1S/C14H19FN4/c1-4-19-14(13(16)10(3)18-19)17-9(2)11-7-5-6-8-12(11)15/h5-9,17H,4,16H2,1-3H3. The van der Waals surface area contributed by atoms with Crippen LogP contribution in [0.5, 0.6) is 0 Å². The highest BCUT2D eigenvalue weighted by atomic mass is 19.1. The van der Waals surface area contributed by atoms with Crippen molar-refractivity contribution in [3.63, 3.8) is 0 Å². The second kappa shape index (κ2) is 5.30. The summed E-state index contributed by atoms with van der Waals surface area (Å²) in [6, 6.07) is 6.55. The second-order valence-corrected chi connectivity index (χ2v) is 4.55. The molecule has 0 fully saturated rings. The van der Waals surface area contributed by atoms with E-state index in [1.165, 1.54) is 6.07 Å². The summed E-state index contributed by atoms with van der Waals surface area (Å²) in [5.74, 6) is 0.524. The van der Waals surface area contributed by atoms with Gasteiger partial charge in [0.2, 0.25) is 0 Å². The Hall–Kier alpha value is -2.04. The van der Waals surface area contributed by atoms with Gasteiger partial charge < -0.3 is 11.1 Å². The van der Waals surface area contributed by atoms with E-state index in [1.54, 1.807) is 16.8 Å². The molecule has 0 saturated heterocycles. The van der Waals surface area contributed by atoms with E-state index in [0.717, 1.165) is 11.5 Å². The van der Waals surface area contributed by atoms with Crippen molar-refractivity contribution in [2.24, 2.45) is 0 Å². The number of aromatic nitrogens is 2. The number of nitrogens with one attached hydrogen (secondary N) is 1. The molecule has 0 radical (unpaired) electrons. The monoisotopic (exact) mass is 262 g/mol. The normalized spacial score (nSPS) is 12.4. The smallest absolute Gasteiger partial charge is 0.148 e. The van der Waals surface area contributed by atoms with Gasteiger partial charge in [-0.2, -0.15) is 5.10 Å². The summed E-state index contributed by atoms with van der Waals surface area (Å²) in [7, 11) is 0. The second-order valence-electron chi connectivity index (χ2n) is 4.55. The van der Waals surface area contributed by atoms with Crippen molar-refractivity contribution in [2.45, 2.75) is 33.4 Å². The van der Waals surface area contributed by atoms with Gasteiger partial charge in [0, 0.05) is 12.1 Å². The Kier molecular flexibility index (Phi) is 3.74. The number of hydrogen-bond donors (Lipinski definition) is 2. The molecule has 102 valence electrons. The van der Waals surface area contributed by atoms with E-state index in [4.69, 9.17) is 5.73 Å². The number of nitrogens with zero attached hydrogens (tertiary/aromatic N) is 2. The van der Waals surface area contributed by atoms with Crippen molar-refractivity contribution >= 4 is 11.5 Å². The van der Waals surface area contributed by atoms with Crippen molar-refractivity contribution in [2.75, 3.05) is 11.1 Å². The van der Waals surface area contributed by atoms with E-state index >= 15 is 0 Å². The number of anilines is 2. The molecule has 1 aromatic heterocycles. The molecular weight excluding hydrogens is 243 g/mol. The van der Waals surface area contributed by atoms with E-state index < -0.39 is 0 Å². The third kappa shape index (κ3) is 2.54. The summed E-state index contributed by atoms with van der Waals surface area (Å²) in [4.78, 5) is 0. The minimum Gasteiger partial charge on any atom is -0.394 e. The highest BCUT2D eigenvalue weighted by Gasteiger charge is 2.16. The number of benzene rings is 1. The minimum absolute atomic E-state index is 0.176. The lowest BCUT2D eigenvalue weighted by atomic mass is 10.1. The maximum Gasteiger partial charge on any atom is 0.148 e. The van der Waals surface area contributed by atoms with Gasteiger partial charge in [0.25, 0.3) is 0 Å². The van der Waals surface area contributed by atoms with Crippen LogP contribution in [0.3, 0.4) is 0 Å². The van der Waals surface area contributed by atoms with Gasteiger partial charge in [0.1, 0.15) is 11.6 Å². The average molecular weight is 262 g/mol. The SMILES string of the molecule is CCn1nc(C)c(N)c1NC(C)c1ccccc1F. The molecule has 0 amide bonds. The van der Waals surface area contributed by atoms with Crippen LogP contribution in [0.25, 0.3) is 0 Å². The van der Waals surface area contributed by atoms with Crippen LogP contribution in [-0.4, -0.2) is 9.78 Å². The average Bonchev–Trinajstić information content (AvgIpc) is 2.67. The zero-order valence-corrected chi connectivity index (χ0v) is 11.4. The Morgan fingerprint density at radius 3 is 2.74 bits per heavy atom. The lowest BCUT2D eigenvalue weighted by Gasteiger charge is -2.17. The molecule has 1 unspecified atom stereocenters. The third-order valence-corrected chi connectivity index (χ3v) is 3.20. The maximum absolute atomic E-state index is 13.7. The van der Waals surface area contributed by atoms with Crippen molar-refractivity contribution in [1.29, 1.82) is 0 Å². The molecule has 0 bridgehead atoms. The fraction of sp³-hybridized carbons (Fsp3) is 0.357. The summed E-state index contributed by atoms with van der Waals surface area (Å²) in [5, 5.41) is 7.58. The molecule has 1 heterocycles. The predicted octanol–water partition coefficient (Wildman–Crippen LogP) is 3.11. The molecule has 0 spiro atoms. The van der Waals surface area contributed by atoms with Crippen LogP contribution in [0, 0.1) is 12.7 Å². The van der Waals surface area contributed by atoms with E-state index in [1.807, 2.05) is 26.8 Å². The number of halogens is 1. The van der Waals surface area contributed by atoms with Gasteiger partial charge in [0.05, 0.1) is 17.4 Å². The van der Waals surface area contributed by atoms with Gasteiger partial charge in [-0.25, -0.2) is 9.07 Å². The topological polar surface area (TPSA) is 55.9 Å². The summed E-state index contributed by atoms with van der Waals surface area (Å²) in [6.07, 6.45) is 0. The molecule has 5 heteroatoms. The zero-order valence-electron chi connectivity index (χ0n) is 11.4. The van der Waals surface area contributed by atoms with Gasteiger partial charge in [-0.1, -0.05) is 18.2 Å². The fourth-order valence-electron chi connectivity index (χ4n) is 2.09. The number of rotatable bonds is 4. The van der Waals surface area contributed by atoms with Crippen LogP contribution in [-0.2, 0) is 6.54 Å². The van der Waals surface area contributed by atoms with E-state index in [2.05, 4.69) is 10.4 Å². The van der Waals surface area contributed by atoms with Crippen molar-refractivity contribution < 1.29 is 4.39 Å². The van der Waals surface area contributed by atoms with Crippen LogP contribution in [0.2, 0.25) is 0 Å². The fourth-order valence-corrected chi connectivity index (χ4v) is 2.09. The molecule has 4 nitrogen and oxygen atoms in total. The quantitative estimate of drug-likeness (QED) is 0.890. The maximum atomic E-state index is 13.7. The summed E-state index contributed by atoms with van der Waals surface area (Å²) >= 11 is 0.